The molecule has 0 saturated carbocycles. The molecule has 1 N–H and O–H groups in total. The SMILES string of the molecule is Fc1cc(-c2cc(COCC3(c4ccccc4)CCNCC3)cc(C(F)(F)F)c2)cc(F)c1F. The van der Waals surface area contributed by atoms with Crippen molar-refractivity contribution in [2.45, 2.75) is 31.0 Å². The molecule has 0 aromatic heterocycles. The number of rotatable bonds is 6. The Labute approximate surface area is 193 Å². The topological polar surface area (TPSA) is 21.3 Å². The quantitative estimate of drug-likeness (QED) is 0.317. The van der Waals surface area contributed by atoms with Crippen LogP contribution in [-0.2, 0) is 22.9 Å². The van der Waals surface area contributed by atoms with Gasteiger partial charge in [-0.25, -0.2) is 13.2 Å². The fraction of sp³-hybridized carbons (Fsp3) is 0.308. The molecule has 0 atom stereocenters. The van der Waals surface area contributed by atoms with Gasteiger partial charge in [-0.1, -0.05) is 30.3 Å². The average Bonchev–Trinajstić information content (AvgIpc) is 2.82. The standard InChI is InChI=1S/C26H23F6NO/c27-22-13-19(14-23(28)24(22)29)18-10-17(11-21(12-18)26(30,31)32)15-34-16-25(6-8-33-9-7-25)20-4-2-1-3-5-20/h1-5,10-14,33H,6-9,15-16H2. The van der Waals surface area contributed by atoms with Crippen LogP contribution in [-0.4, -0.2) is 19.7 Å². The summed E-state index contributed by atoms with van der Waals surface area (Å²) >= 11 is 0. The van der Waals surface area contributed by atoms with Crippen molar-refractivity contribution in [2.75, 3.05) is 19.7 Å². The number of benzene rings is 3. The number of nitrogens with one attached hydrogen (secondary N) is 1. The summed E-state index contributed by atoms with van der Waals surface area (Å²) in [6.07, 6.45) is -3.04. The van der Waals surface area contributed by atoms with Crippen LogP contribution in [0.5, 0.6) is 0 Å². The lowest BCUT2D eigenvalue weighted by atomic mass is 9.74. The fourth-order valence-corrected chi connectivity index (χ4v) is 4.41. The molecule has 1 heterocycles. The van der Waals surface area contributed by atoms with Gasteiger partial charge in [0.1, 0.15) is 0 Å². The molecule has 1 aliphatic heterocycles. The van der Waals surface area contributed by atoms with Gasteiger partial charge in [-0.15, -0.1) is 0 Å². The van der Waals surface area contributed by atoms with Gasteiger partial charge >= 0.3 is 6.18 Å². The van der Waals surface area contributed by atoms with E-state index in [-0.39, 0.29) is 28.7 Å². The molecule has 8 heteroatoms. The molecule has 3 aromatic rings. The lowest BCUT2D eigenvalue weighted by Crippen LogP contribution is -2.43. The maximum atomic E-state index is 13.7. The minimum Gasteiger partial charge on any atom is -0.376 e. The predicted octanol–water partition coefficient (Wildman–Crippen LogP) is 6.63. The van der Waals surface area contributed by atoms with Gasteiger partial charge in [0, 0.05) is 5.41 Å². The highest BCUT2D eigenvalue weighted by Crippen LogP contribution is 2.36. The molecular weight excluding hydrogens is 456 g/mol. The first-order valence-corrected chi connectivity index (χ1v) is 10.9. The van der Waals surface area contributed by atoms with Gasteiger partial charge in [-0.3, -0.25) is 0 Å². The summed E-state index contributed by atoms with van der Waals surface area (Å²) in [6.45, 7) is 1.79. The summed E-state index contributed by atoms with van der Waals surface area (Å²) in [7, 11) is 0. The van der Waals surface area contributed by atoms with Gasteiger partial charge in [-0.2, -0.15) is 13.2 Å². The summed E-state index contributed by atoms with van der Waals surface area (Å²) in [5.74, 6) is -4.62. The van der Waals surface area contributed by atoms with E-state index in [2.05, 4.69) is 5.32 Å². The zero-order valence-corrected chi connectivity index (χ0v) is 18.2. The van der Waals surface area contributed by atoms with Crippen molar-refractivity contribution in [1.82, 2.24) is 5.32 Å². The van der Waals surface area contributed by atoms with Crippen LogP contribution in [0.25, 0.3) is 11.1 Å². The van der Waals surface area contributed by atoms with E-state index in [1.807, 2.05) is 30.3 Å². The van der Waals surface area contributed by atoms with Crippen molar-refractivity contribution < 1.29 is 31.1 Å². The van der Waals surface area contributed by atoms with Crippen molar-refractivity contribution in [3.8, 4) is 11.1 Å². The second-order valence-electron chi connectivity index (χ2n) is 8.56. The van der Waals surface area contributed by atoms with Crippen molar-refractivity contribution in [2.24, 2.45) is 0 Å². The normalized spacial score (nSPS) is 15.9. The lowest BCUT2D eigenvalue weighted by Gasteiger charge is -2.38. The van der Waals surface area contributed by atoms with Crippen molar-refractivity contribution >= 4 is 0 Å². The van der Waals surface area contributed by atoms with Crippen molar-refractivity contribution in [1.29, 1.82) is 0 Å². The van der Waals surface area contributed by atoms with Crippen LogP contribution >= 0.6 is 0 Å². The van der Waals surface area contributed by atoms with E-state index in [0.717, 1.165) is 43.6 Å². The highest BCUT2D eigenvalue weighted by molar-refractivity contribution is 5.65. The van der Waals surface area contributed by atoms with E-state index in [1.54, 1.807) is 0 Å². The Morgan fingerprint density at radius 1 is 0.824 bits per heavy atom. The van der Waals surface area contributed by atoms with Crippen LogP contribution in [0.15, 0.2) is 60.7 Å². The van der Waals surface area contributed by atoms with Gasteiger partial charge in [0.25, 0.3) is 0 Å². The molecule has 0 unspecified atom stereocenters. The number of alkyl halides is 3. The van der Waals surface area contributed by atoms with E-state index in [4.69, 9.17) is 4.74 Å². The lowest BCUT2D eigenvalue weighted by molar-refractivity contribution is -0.137. The number of piperidine rings is 1. The van der Waals surface area contributed by atoms with E-state index >= 15 is 0 Å². The monoisotopic (exact) mass is 479 g/mol. The molecule has 34 heavy (non-hydrogen) atoms. The Balaban J connectivity index is 1.61. The third-order valence-electron chi connectivity index (χ3n) is 6.23. The first-order valence-electron chi connectivity index (χ1n) is 10.9. The number of hydrogen-bond acceptors (Lipinski definition) is 2. The number of ether oxygens (including phenoxy) is 1. The zero-order valence-electron chi connectivity index (χ0n) is 18.2. The number of halogens is 6. The third-order valence-corrected chi connectivity index (χ3v) is 6.23. The van der Waals surface area contributed by atoms with Crippen LogP contribution in [0.4, 0.5) is 26.3 Å². The maximum absolute atomic E-state index is 13.7. The molecule has 0 amide bonds. The summed E-state index contributed by atoms with van der Waals surface area (Å²) < 4.78 is 87.3. The Hall–Kier alpha value is -2.84. The summed E-state index contributed by atoms with van der Waals surface area (Å²) in [5, 5.41) is 3.31. The largest absolute Gasteiger partial charge is 0.416 e. The second-order valence-corrected chi connectivity index (χ2v) is 8.56. The molecule has 1 fully saturated rings. The van der Waals surface area contributed by atoms with E-state index in [9.17, 15) is 26.3 Å². The molecule has 4 rings (SSSR count). The smallest absolute Gasteiger partial charge is 0.376 e. The minimum atomic E-state index is -4.68. The van der Waals surface area contributed by atoms with E-state index in [0.29, 0.717) is 18.7 Å². The van der Waals surface area contributed by atoms with Gasteiger partial charge in [0.15, 0.2) is 17.5 Å². The van der Waals surface area contributed by atoms with Gasteiger partial charge in [0.2, 0.25) is 0 Å². The molecule has 0 aliphatic carbocycles. The molecular formula is C26H23F6NO. The summed E-state index contributed by atoms with van der Waals surface area (Å²) in [5.41, 5.74) is -0.201. The van der Waals surface area contributed by atoms with Crippen LogP contribution in [0.3, 0.4) is 0 Å². The van der Waals surface area contributed by atoms with Gasteiger partial charge < -0.3 is 10.1 Å². The highest BCUT2D eigenvalue weighted by atomic mass is 19.4. The molecule has 1 aliphatic rings. The van der Waals surface area contributed by atoms with Crippen molar-refractivity contribution in [3.05, 3.63) is 94.8 Å². The molecule has 2 nitrogen and oxygen atoms in total. The first kappa shape index (κ1) is 24.3. The zero-order chi connectivity index (χ0) is 24.3. The Morgan fingerprint density at radius 2 is 1.44 bits per heavy atom. The molecule has 0 spiro atoms. The molecule has 3 aromatic carbocycles. The van der Waals surface area contributed by atoms with Crippen LogP contribution in [0, 0.1) is 17.5 Å². The summed E-state index contributed by atoms with van der Waals surface area (Å²) in [4.78, 5) is 0. The van der Waals surface area contributed by atoms with Crippen LogP contribution in [0.1, 0.15) is 29.5 Å². The minimum absolute atomic E-state index is 0.0779. The second kappa shape index (κ2) is 9.80. The van der Waals surface area contributed by atoms with Crippen molar-refractivity contribution in [3.63, 3.8) is 0 Å². The molecule has 0 radical (unpaired) electrons. The Bertz CT molecular complexity index is 1120. The third kappa shape index (κ3) is 5.28. The molecule has 0 bridgehead atoms. The highest BCUT2D eigenvalue weighted by Gasteiger charge is 2.35. The summed E-state index contributed by atoms with van der Waals surface area (Å²) in [6, 6.07) is 14.3. The van der Waals surface area contributed by atoms with E-state index < -0.39 is 29.2 Å². The van der Waals surface area contributed by atoms with Gasteiger partial charge in [-0.05, 0) is 78.5 Å². The van der Waals surface area contributed by atoms with Crippen LogP contribution in [0.2, 0.25) is 0 Å². The van der Waals surface area contributed by atoms with E-state index in [1.165, 1.54) is 6.07 Å². The Morgan fingerprint density at radius 3 is 2.06 bits per heavy atom. The Kier molecular flexibility index (Phi) is 7.00. The predicted molar refractivity (Wildman–Crippen MR) is 117 cm³/mol. The first-order chi connectivity index (χ1) is 16.2. The fourth-order valence-electron chi connectivity index (χ4n) is 4.41. The molecule has 1 saturated heterocycles. The molecule has 180 valence electrons. The average molecular weight is 479 g/mol. The van der Waals surface area contributed by atoms with Gasteiger partial charge in [0.05, 0.1) is 18.8 Å². The van der Waals surface area contributed by atoms with Crippen LogP contribution < -0.4 is 5.32 Å². The maximum Gasteiger partial charge on any atom is 0.416 e. The number of hydrogen-bond donors (Lipinski definition) is 1.